The number of aromatic nitrogens is 2. The van der Waals surface area contributed by atoms with Gasteiger partial charge in [0, 0.05) is 30.3 Å². The summed E-state index contributed by atoms with van der Waals surface area (Å²) in [6.07, 6.45) is 0.557. The summed E-state index contributed by atoms with van der Waals surface area (Å²) in [5.41, 5.74) is 4.29. The Morgan fingerprint density at radius 3 is 2.52 bits per heavy atom. The van der Waals surface area contributed by atoms with Crippen molar-refractivity contribution >= 4 is 17.5 Å². The lowest BCUT2D eigenvalue weighted by Crippen LogP contribution is -2.26. The quantitative estimate of drug-likeness (QED) is 0.370. The number of ketones is 1. The van der Waals surface area contributed by atoms with Crippen molar-refractivity contribution in [2.24, 2.45) is 7.05 Å². The van der Waals surface area contributed by atoms with Gasteiger partial charge in [-0.1, -0.05) is 71.9 Å². The van der Waals surface area contributed by atoms with E-state index in [4.69, 9.17) is 0 Å². The number of benzene rings is 2. The monoisotopic (exact) mass is 378 g/mol. The van der Waals surface area contributed by atoms with Crippen LogP contribution in [0.4, 0.5) is 0 Å². The number of carbonyl (C=O) groups excluding carboxylic acids is 1. The second kappa shape index (κ2) is 8.35. The number of thioether (sulfide) groups is 1. The highest BCUT2D eigenvalue weighted by Crippen LogP contribution is 2.18. The van der Waals surface area contributed by atoms with Crippen LogP contribution in [0.1, 0.15) is 32.7 Å². The minimum atomic E-state index is -0.0568. The summed E-state index contributed by atoms with van der Waals surface area (Å²) in [4.78, 5) is 29.7. The Morgan fingerprint density at radius 1 is 1.07 bits per heavy atom. The van der Waals surface area contributed by atoms with Gasteiger partial charge in [0.2, 0.25) is 0 Å². The Kier molecular flexibility index (Phi) is 5.91. The summed E-state index contributed by atoms with van der Waals surface area (Å²) in [6, 6.07) is 17.3. The van der Waals surface area contributed by atoms with E-state index in [1.807, 2.05) is 50.2 Å². The van der Waals surface area contributed by atoms with Crippen LogP contribution in [-0.4, -0.2) is 21.1 Å². The molecule has 1 aromatic heterocycles. The van der Waals surface area contributed by atoms with Gasteiger partial charge in [-0.05, 0) is 19.4 Å². The Labute approximate surface area is 163 Å². The maximum absolute atomic E-state index is 12.8. The third-order valence-electron chi connectivity index (χ3n) is 4.44. The molecule has 0 aliphatic carbocycles. The van der Waals surface area contributed by atoms with Crippen molar-refractivity contribution in [1.82, 2.24) is 9.55 Å². The fourth-order valence-electron chi connectivity index (χ4n) is 2.93. The minimum absolute atomic E-state index is 0.0244. The Bertz CT molecular complexity index is 1030. The Hall–Kier alpha value is -2.66. The van der Waals surface area contributed by atoms with Crippen LogP contribution < -0.4 is 5.56 Å². The molecule has 0 atom stereocenters. The number of rotatable bonds is 6. The number of aryl methyl sites for hydroxylation is 2. The Morgan fingerprint density at radius 2 is 1.81 bits per heavy atom. The van der Waals surface area contributed by atoms with Crippen LogP contribution in [0.15, 0.2) is 64.5 Å². The molecule has 0 aliphatic rings. The van der Waals surface area contributed by atoms with E-state index >= 15 is 0 Å². The van der Waals surface area contributed by atoms with E-state index in [-0.39, 0.29) is 17.1 Å². The van der Waals surface area contributed by atoms with Crippen molar-refractivity contribution in [2.75, 3.05) is 5.75 Å². The Balaban J connectivity index is 1.80. The largest absolute Gasteiger partial charge is 0.293 e. The second-order valence-electron chi connectivity index (χ2n) is 6.57. The van der Waals surface area contributed by atoms with Crippen LogP contribution in [0.5, 0.6) is 0 Å². The fraction of sp³-hybridized carbons (Fsp3) is 0.227. The number of Topliss-reactive ketones (excluding diaryl/α,β-unsaturated/α-hetero) is 1. The van der Waals surface area contributed by atoms with Gasteiger partial charge in [0.05, 0.1) is 5.75 Å². The zero-order valence-electron chi connectivity index (χ0n) is 15.7. The molecule has 0 unspecified atom stereocenters. The number of hydrogen-bond donors (Lipinski definition) is 0. The van der Waals surface area contributed by atoms with Gasteiger partial charge in [0.25, 0.3) is 5.56 Å². The lowest BCUT2D eigenvalue weighted by Gasteiger charge is -2.12. The number of hydrogen-bond acceptors (Lipinski definition) is 4. The molecule has 2 aromatic carbocycles. The average Bonchev–Trinajstić information content (AvgIpc) is 2.67. The van der Waals surface area contributed by atoms with Crippen LogP contribution in [0.2, 0.25) is 0 Å². The van der Waals surface area contributed by atoms with Gasteiger partial charge in [-0.15, -0.1) is 0 Å². The molecule has 27 heavy (non-hydrogen) atoms. The zero-order chi connectivity index (χ0) is 19.4. The van der Waals surface area contributed by atoms with E-state index in [2.05, 4.69) is 11.1 Å². The molecule has 0 N–H and O–H groups in total. The first-order chi connectivity index (χ1) is 13.0. The summed E-state index contributed by atoms with van der Waals surface area (Å²) in [5.74, 6) is 0.275. The third kappa shape index (κ3) is 4.55. The molecule has 0 aliphatic heterocycles. The van der Waals surface area contributed by atoms with Gasteiger partial charge >= 0.3 is 0 Å². The molecule has 0 amide bonds. The first-order valence-electron chi connectivity index (χ1n) is 8.79. The summed E-state index contributed by atoms with van der Waals surface area (Å²) < 4.78 is 1.54. The first kappa shape index (κ1) is 19.1. The van der Waals surface area contributed by atoms with Crippen molar-refractivity contribution in [3.05, 3.63) is 92.9 Å². The highest BCUT2D eigenvalue weighted by Gasteiger charge is 2.15. The SMILES string of the molecule is Cc1cccc(Cc2c(C)nc(SCC(=O)c3ccccc3)n(C)c2=O)c1. The molecule has 1 heterocycles. The zero-order valence-corrected chi connectivity index (χ0v) is 16.5. The van der Waals surface area contributed by atoms with E-state index in [1.54, 1.807) is 23.7 Å². The number of nitrogens with zero attached hydrogens (tertiary/aromatic N) is 2. The highest BCUT2D eigenvalue weighted by molar-refractivity contribution is 7.99. The predicted molar refractivity (Wildman–Crippen MR) is 110 cm³/mol. The second-order valence-corrected chi connectivity index (χ2v) is 7.51. The molecule has 4 nitrogen and oxygen atoms in total. The molecular weight excluding hydrogens is 356 g/mol. The van der Waals surface area contributed by atoms with Crippen molar-refractivity contribution in [2.45, 2.75) is 25.4 Å². The molecule has 3 rings (SSSR count). The van der Waals surface area contributed by atoms with E-state index in [0.717, 1.165) is 5.56 Å². The van der Waals surface area contributed by atoms with Crippen LogP contribution in [0.25, 0.3) is 0 Å². The molecule has 0 radical (unpaired) electrons. The van der Waals surface area contributed by atoms with Gasteiger partial charge < -0.3 is 0 Å². The van der Waals surface area contributed by atoms with Crippen molar-refractivity contribution < 1.29 is 4.79 Å². The molecule has 0 bridgehead atoms. The molecule has 3 aromatic rings. The van der Waals surface area contributed by atoms with E-state index in [1.165, 1.54) is 17.3 Å². The van der Waals surface area contributed by atoms with Gasteiger partial charge in [0.15, 0.2) is 10.9 Å². The lowest BCUT2D eigenvalue weighted by atomic mass is 10.0. The fourth-order valence-corrected chi connectivity index (χ4v) is 3.83. The summed E-state index contributed by atoms with van der Waals surface area (Å²) >= 11 is 1.30. The van der Waals surface area contributed by atoms with Crippen LogP contribution >= 0.6 is 11.8 Å². The summed E-state index contributed by atoms with van der Waals surface area (Å²) in [7, 11) is 1.71. The summed E-state index contributed by atoms with van der Waals surface area (Å²) in [5, 5.41) is 0.565. The molecule has 138 valence electrons. The molecule has 0 fully saturated rings. The minimum Gasteiger partial charge on any atom is -0.293 e. The molecule has 0 spiro atoms. The first-order valence-corrected chi connectivity index (χ1v) is 9.77. The smallest absolute Gasteiger partial charge is 0.257 e. The molecule has 5 heteroatoms. The molecule has 0 saturated carbocycles. The van der Waals surface area contributed by atoms with Gasteiger partial charge in [-0.2, -0.15) is 0 Å². The van der Waals surface area contributed by atoms with Gasteiger partial charge in [-0.3, -0.25) is 14.2 Å². The highest BCUT2D eigenvalue weighted by atomic mass is 32.2. The van der Waals surface area contributed by atoms with Crippen molar-refractivity contribution in [1.29, 1.82) is 0 Å². The van der Waals surface area contributed by atoms with E-state index < -0.39 is 0 Å². The van der Waals surface area contributed by atoms with Crippen molar-refractivity contribution in [3.63, 3.8) is 0 Å². The average molecular weight is 378 g/mol. The normalized spacial score (nSPS) is 10.8. The van der Waals surface area contributed by atoms with Gasteiger partial charge in [-0.25, -0.2) is 4.98 Å². The van der Waals surface area contributed by atoms with E-state index in [9.17, 15) is 9.59 Å². The van der Waals surface area contributed by atoms with Crippen molar-refractivity contribution in [3.8, 4) is 0 Å². The molecular formula is C22H22N2O2S. The van der Waals surface area contributed by atoms with E-state index in [0.29, 0.717) is 28.4 Å². The lowest BCUT2D eigenvalue weighted by molar-refractivity contribution is 0.102. The van der Waals surface area contributed by atoms with Crippen LogP contribution in [0, 0.1) is 13.8 Å². The molecule has 0 saturated heterocycles. The summed E-state index contributed by atoms with van der Waals surface area (Å²) in [6.45, 7) is 3.89. The van der Waals surface area contributed by atoms with Gasteiger partial charge in [0.1, 0.15) is 0 Å². The standard InChI is InChI=1S/C22H22N2O2S/c1-15-8-7-9-17(12-15)13-19-16(2)23-22(24(3)21(19)26)27-14-20(25)18-10-5-4-6-11-18/h4-12H,13-14H2,1-3H3. The maximum atomic E-state index is 12.8. The topological polar surface area (TPSA) is 52.0 Å². The van der Waals surface area contributed by atoms with Crippen LogP contribution in [0.3, 0.4) is 0 Å². The maximum Gasteiger partial charge on any atom is 0.257 e. The number of carbonyl (C=O) groups is 1. The van der Waals surface area contributed by atoms with Crippen LogP contribution in [-0.2, 0) is 13.5 Å². The third-order valence-corrected chi connectivity index (χ3v) is 5.47. The predicted octanol–water partition coefficient (Wildman–Crippen LogP) is 3.96.